The highest BCUT2D eigenvalue weighted by molar-refractivity contribution is 6.04. The second-order valence-corrected chi connectivity index (χ2v) is 10.7. The molecule has 218 valence electrons. The van der Waals surface area contributed by atoms with Crippen molar-refractivity contribution in [2.24, 2.45) is 0 Å². The lowest BCUT2D eigenvalue weighted by atomic mass is 9.85. The third-order valence-corrected chi connectivity index (χ3v) is 6.99. The molecule has 0 radical (unpaired) electrons. The monoisotopic (exact) mass is 576 g/mol. The number of pyridine rings is 1. The van der Waals surface area contributed by atoms with Crippen LogP contribution in [0.1, 0.15) is 46.5 Å². The van der Waals surface area contributed by atoms with E-state index < -0.39 is 23.3 Å². The fourth-order valence-electron chi connectivity index (χ4n) is 4.33. The Hall–Kier alpha value is -4.74. The van der Waals surface area contributed by atoms with Gasteiger partial charge in [0.15, 0.2) is 11.6 Å². The Balaban J connectivity index is 1.60. The quantitative estimate of drug-likeness (QED) is 0.408. The van der Waals surface area contributed by atoms with Gasteiger partial charge in [0.2, 0.25) is 0 Å². The lowest BCUT2D eigenvalue weighted by Gasteiger charge is -2.35. The van der Waals surface area contributed by atoms with Crippen LogP contribution in [0.4, 0.5) is 30.4 Å². The molecule has 0 spiro atoms. The van der Waals surface area contributed by atoms with Gasteiger partial charge in [0.1, 0.15) is 0 Å². The molecule has 0 aliphatic carbocycles. The molecule has 2 aromatic carbocycles. The van der Waals surface area contributed by atoms with Crippen molar-refractivity contribution in [3.05, 3.63) is 76.5 Å². The number of nitrogens with two attached hydrogens (primary N) is 1. The maximum Gasteiger partial charge on any atom is 0.573 e. The Labute approximate surface area is 242 Å². The van der Waals surface area contributed by atoms with Crippen molar-refractivity contribution in [1.29, 1.82) is 5.26 Å². The Morgan fingerprint density at radius 2 is 1.79 bits per heavy atom. The minimum atomic E-state index is -4.92. The topological polar surface area (TPSA) is 108 Å². The summed E-state index contributed by atoms with van der Waals surface area (Å²) >= 11 is 0. The van der Waals surface area contributed by atoms with Crippen molar-refractivity contribution >= 4 is 23.1 Å². The highest BCUT2D eigenvalue weighted by Crippen LogP contribution is 2.31. The zero-order valence-corrected chi connectivity index (χ0v) is 23.8. The molecule has 3 N–H and O–H groups in total. The van der Waals surface area contributed by atoms with E-state index in [0.717, 1.165) is 49.1 Å². The number of rotatable bonds is 5. The second-order valence-electron chi connectivity index (χ2n) is 10.7. The first kappa shape index (κ1) is 30.2. The fourth-order valence-corrected chi connectivity index (χ4v) is 4.33. The van der Waals surface area contributed by atoms with Gasteiger partial charge in [-0.3, -0.25) is 4.79 Å². The van der Waals surface area contributed by atoms with Gasteiger partial charge in [-0.1, -0.05) is 17.9 Å². The Bertz CT molecular complexity index is 1590. The molecule has 1 amide bonds. The van der Waals surface area contributed by atoms with E-state index in [1.165, 1.54) is 6.20 Å². The number of hydrogen-bond donors (Lipinski definition) is 2. The van der Waals surface area contributed by atoms with Gasteiger partial charge < -0.3 is 25.6 Å². The van der Waals surface area contributed by atoms with E-state index in [4.69, 9.17) is 5.73 Å². The van der Waals surface area contributed by atoms with Crippen molar-refractivity contribution in [3.8, 4) is 23.7 Å². The number of ether oxygens (including phenoxy) is 1. The molecule has 1 saturated heterocycles. The summed E-state index contributed by atoms with van der Waals surface area (Å²) < 4.78 is 41.9. The summed E-state index contributed by atoms with van der Waals surface area (Å²) in [6, 6.07) is 14.1. The van der Waals surface area contributed by atoms with Crippen LogP contribution in [0.5, 0.6) is 5.75 Å². The number of carbonyl (C=O) groups is 1. The number of nitriles is 1. The number of alkyl halides is 3. The predicted octanol–water partition coefficient (Wildman–Crippen LogP) is 5.08. The van der Waals surface area contributed by atoms with Gasteiger partial charge in [0.25, 0.3) is 5.91 Å². The standard InChI is InChI=1S/C31H31F3N6O2/c1-20-5-7-23(14-22(20)8-6-21-13-27(28(36)37-18-21)42-31(32,33)34)29(41)38-25-15-24(30(2,3)19-35)16-26(17-25)40-11-9-39(4)10-12-40/h5,7,13-18H,9-12H2,1-4H3,(H2,36,37)(H,38,41). The van der Waals surface area contributed by atoms with Crippen molar-refractivity contribution in [2.45, 2.75) is 32.5 Å². The van der Waals surface area contributed by atoms with Crippen molar-refractivity contribution < 1.29 is 22.7 Å². The maximum absolute atomic E-state index is 13.3. The summed E-state index contributed by atoms with van der Waals surface area (Å²) in [7, 11) is 2.07. The normalized spacial score (nSPS) is 14.0. The molecule has 1 aromatic heterocycles. The summed E-state index contributed by atoms with van der Waals surface area (Å²) in [4.78, 5) is 21.6. The molecule has 1 aliphatic rings. The number of anilines is 3. The molecular formula is C31H31F3N6O2. The predicted molar refractivity (Wildman–Crippen MR) is 155 cm³/mol. The van der Waals surface area contributed by atoms with Crippen LogP contribution in [0.25, 0.3) is 0 Å². The summed E-state index contributed by atoms with van der Waals surface area (Å²) in [5, 5.41) is 12.7. The fraction of sp³-hybridized carbons (Fsp3) is 0.323. The molecule has 0 saturated carbocycles. The molecule has 11 heteroatoms. The van der Waals surface area contributed by atoms with Gasteiger partial charge in [0, 0.05) is 66.5 Å². The number of carbonyl (C=O) groups excluding carboxylic acids is 1. The number of hydrogen-bond acceptors (Lipinski definition) is 7. The van der Waals surface area contributed by atoms with Crippen LogP contribution < -0.4 is 20.7 Å². The van der Waals surface area contributed by atoms with E-state index in [1.54, 1.807) is 25.1 Å². The zero-order chi connectivity index (χ0) is 30.7. The number of aryl methyl sites for hydroxylation is 1. The first-order valence-electron chi connectivity index (χ1n) is 13.2. The highest BCUT2D eigenvalue weighted by Gasteiger charge is 2.32. The third kappa shape index (κ3) is 7.50. The van der Waals surface area contributed by atoms with E-state index >= 15 is 0 Å². The van der Waals surface area contributed by atoms with E-state index in [9.17, 15) is 23.2 Å². The van der Waals surface area contributed by atoms with Crippen molar-refractivity contribution in [1.82, 2.24) is 9.88 Å². The minimum absolute atomic E-state index is 0.158. The first-order valence-corrected chi connectivity index (χ1v) is 13.2. The van der Waals surface area contributed by atoms with E-state index in [2.05, 4.69) is 49.8 Å². The lowest BCUT2D eigenvalue weighted by Crippen LogP contribution is -2.44. The number of nitrogen functional groups attached to an aromatic ring is 1. The van der Waals surface area contributed by atoms with Crippen LogP contribution in [-0.4, -0.2) is 55.4 Å². The van der Waals surface area contributed by atoms with Gasteiger partial charge in [-0.25, -0.2) is 4.98 Å². The second kappa shape index (κ2) is 12.0. The molecule has 1 aliphatic heterocycles. The summed E-state index contributed by atoms with van der Waals surface area (Å²) in [6.07, 6.45) is -3.68. The Morgan fingerprint density at radius 1 is 1.07 bits per heavy atom. The molecule has 0 atom stereocenters. The first-order chi connectivity index (χ1) is 19.7. The molecule has 42 heavy (non-hydrogen) atoms. The Kier molecular flexibility index (Phi) is 8.64. The van der Waals surface area contributed by atoms with Gasteiger partial charge in [0.05, 0.1) is 11.5 Å². The molecule has 0 unspecified atom stereocenters. The summed E-state index contributed by atoms with van der Waals surface area (Å²) in [5.74, 6) is 4.23. The minimum Gasteiger partial charge on any atom is -0.402 e. The number of benzene rings is 2. The largest absolute Gasteiger partial charge is 0.573 e. The van der Waals surface area contributed by atoms with Crippen LogP contribution in [-0.2, 0) is 5.41 Å². The molecular weight excluding hydrogens is 545 g/mol. The number of nitrogens with zero attached hydrogens (tertiary/aromatic N) is 4. The van der Waals surface area contributed by atoms with E-state index in [1.807, 2.05) is 32.0 Å². The van der Waals surface area contributed by atoms with Crippen LogP contribution in [0.3, 0.4) is 0 Å². The third-order valence-electron chi connectivity index (χ3n) is 6.99. The molecule has 2 heterocycles. The van der Waals surface area contributed by atoms with Crippen LogP contribution in [0, 0.1) is 30.1 Å². The number of halogens is 3. The number of amides is 1. The average Bonchev–Trinajstić information content (AvgIpc) is 2.93. The van der Waals surface area contributed by atoms with E-state index in [-0.39, 0.29) is 11.5 Å². The summed E-state index contributed by atoms with van der Waals surface area (Å²) in [6.45, 7) is 8.94. The number of piperazine rings is 1. The SMILES string of the molecule is Cc1ccc(C(=O)Nc2cc(N3CCN(C)CC3)cc(C(C)(C)C#N)c2)cc1C#Cc1cnc(N)c(OC(F)(F)F)c1. The number of aromatic nitrogens is 1. The highest BCUT2D eigenvalue weighted by atomic mass is 19.4. The Morgan fingerprint density at radius 3 is 2.45 bits per heavy atom. The van der Waals surface area contributed by atoms with Crippen LogP contribution in [0.2, 0.25) is 0 Å². The molecule has 8 nitrogen and oxygen atoms in total. The lowest BCUT2D eigenvalue weighted by molar-refractivity contribution is -0.274. The molecule has 3 aromatic rings. The summed E-state index contributed by atoms with van der Waals surface area (Å²) in [5.41, 5.74) is 8.79. The average molecular weight is 577 g/mol. The van der Waals surface area contributed by atoms with Gasteiger partial charge in [-0.15, -0.1) is 13.2 Å². The molecule has 0 bridgehead atoms. The molecule has 1 fully saturated rings. The van der Waals surface area contributed by atoms with Crippen LogP contribution >= 0.6 is 0 Å². The van der Waals surface area contributed by atoms with Crippen LogP contribution in [0.15, 0.2) is 48.7 Å². The maximum atomic E-state index is 13.3. The van der Waals surface area contributed by atoms with Crippen molar-refractivity contribution in [2.75, 3.05) is 49.2 Å². The van der Waals surface area contributed by atoms with Gasteiger partial charge in [-0.05, 0) is 69.3 Å². The van der Waals surface area contributed by atoms with Gasteiger partial charge in [-0.2, -0.15) is 5.26 Å². The molecule has 4 rings (SSSR count). The smallest absolute Gasteiger partial charge is 0.402 e. The van der Waals surface area contributed by atoms with E-state index in [0.29, 0.717) is 16.8 Å². The van der Waals surface area contributed by atoms with Crippen molar-refractivity contribution in [3.63, 3.8) is 0 Å². The zero-order valence-electron chi connectivity index (χ0n) is 23.8. The van der Waals surface area contributed by atoms with Gasteiger partial charge >= 0.3 is 6.36 Å². The number of likely N-dealkylation sites (N-methyl/N-ethyl adjacent to an activating group) is 1. The number of nitrogens with one attached hydrogen (secondary N) is 1.